The number of phenolic OH excluding ortho intramolecular Hbond substituents is 4. The van der Waals surface area contributed by atoms with E-state index in [1.807, 2.05) is 0 Å². The molecule has 2 aromatic carbocycles. The average molecular weight is 641 g/mol. The highest BCUT2D eigenvalue weighted by atomic mass is 16.7. The van der Waals surface area contributed by atoms with E-state index in [4.69, 9.17) is 28.1 Å². The Hall–Kier alpha value is -3.91. The van der Waals surface area contributed by atoms with Crippen LogP contribution < -0.4 is 14.9 Å². The maximum atomic E-state index is 13.7. The molecule has 2 saturated heterocycles. The van der Waals surface area contributed by atoms with Crippen LogP contribution in [0, 0.1) is 0 Å². The van der Waals surface area contributed by atoms with Gasteiger partial charge in [0.05, 0.1) is 19.8 Å². The van der Waals surface area contributed by atoms with Crippen LogP contribution in [0.4, 0.5) is 0 Å². The van der Waals surface area contributed by atoms with Crippen molar-refractivity contribution in [3.63, 3.8) is 0 Å². The molecule has 0 bridgehead atoms. The highest BCUT2D eigenvalue weighted by molar-refractivity contribution is 5.93. The van der Waals surface area contributed by atoms with E-state index in [-0.39, 0.29) is 11.3 Å². The van der Waals surface area contributed by atoms with E-state index in [0.29, 0.717) is 0 Å². The average Bonchev–Trinajstić information content (AvgIpc) is 3.01. The van der Waals surface area contributed by atoms with Crippen molar-refractivity contribution >= 4 is 11.0 Å². The molecule has 17 nitrogen and oxygen atoms in total. The zero-order valence-electron chi connectivity index (χ0n) is 23.6. The first kappa shape index (κ1) is 32.5. The summed E-state index contributed by atoms with van der Waals surface area (Å²) in [6.07, 6.45) is -16.4. The molecule has 0 saturated carbocycles. The standard InChI is InChI=1S/C28H32O17/c1-8-16(32)20(36)22(38)27(42-8)41-7-14-17(33)21(37)23(39)28(43-14)45-26-19(35)15-12(31)6-13(40-2)18(34)25(15)44-24(26)9-3-4-10(29)11(30)5-9/h3-6,8,14,16-17,20-23,27-34,36-39H,7H2,1-2H3. The van der Waals surface area contributed by atoms with Crippen molar-refractivity contribution in [1.82, 2.24) is 0 Å². The number of benzene rings is 2. The molecule has 2 aliphatic heterocycles. The van der Waals surface area contributed by atoms with Gasteiger partial charge in [0.1, 0.15) is 53.9 Å². The van der Waals surface area contributed by atoms with Crippen LogP contribution in [0.1, 0.15) is 6.92 Å². The minimum atomic E-state index is -2.00. The first-order valence-corrected chi connectivity index (χ1v) is 13.5. The second-order valence-corrected chi connectivity index (χ2v) is 10.6. The van der Waals surface area contributed by atoms with Crippen molar-refractivity contribution in [1.29, 1.82) is 0 Å². The van der Waals surface area contributed by atoms with Crippen LogP contribution >= 0.6 is 0 Å². The van der Waals surface area contributed by atoms with Crippen molar-refractivity contribution in [3.05, 3.63) is 34.5 Å². The Kier molecular flexibility index (Phi) is 9.00. The van der Waals surface area contributed by atoms with Crippen LogP contribution in [0.5, 0.6) is 34.5 Å². The largest absolute Gasteiger partial charge is 0.507 e. The van der Waals surface area contributed by atoms with Gasteiger partial charge in [-0.25, -0.2) is 0 Å². The second kappa shape index (κ2) is 12.5. The molecule has 3 aromatic rings. The maximum Gasteiger partial charge on any atom is 0.239 e. The normalized spacial score (nSPS) is 32.0. The Balaban J connectivity index is 1.52. The molecule has 17 heteroatoms. The van der Waals surface area contributed by atoms with Gasteiger partial charge in [0.15, 0.2) is 34.9 Å². The lowest BCUT2D eigenvalue weighted by Gasteiger charge is -2.42. The third-order valence-corrected chi connectivity index (χ3v) is 7.64. The van der Waals surface area contributed by atoms with E-state index in [0.717, 1.165) is 18.2 Å². The molecular weight excluding hydrogens is 608 g/mol. The van der Waals surface area contributed by atoms with Gasteiger partial charge < -0.3 is 79.2 Å². The van der Waals surface area contributed by atoms with Gasteiger partial charge in [0, 0.05) is 11.6 Å². The molecule has 2 fully saturated rings. The Labute approximate surface area is 252 Å². The SMILES string of the molecule is COc1cc(O)c2c(=O)c(OC3OC(COC4OC(C)C(O)C(O)C4O)C(O)C(O)C3O)c(-c3ccc(O)c(O)c3)oc2c1O. The first-order chi connectivity index (χ1) is 21.2. The van der Waals surface area contributed by atoms with E-state index in [1.54, 1.807) is 0 Å². The number of ether oxygens (including phenoxy) is 5. The van der Waals surface area contributed by atoms with Crippen LogP contribution in [0.3, 0.4) is 0 Å². The van der Waals surface area contributed by atoms with E-state index in [1.165, 1.54) is 20.1 Å². The summed E-state index contributed by atoms with van der Waals surface area (Å²) in [5.41, 5.74) is -1.75. The van der Waals surface area contributed by atoms with Crippen LogP contribution in [-0.2, 0) is 14.2 Å². The van der Waals surface area contributed by atoms with Gasteiger partial charge >= 0.3 is 0 Å². The predicted molar refractivity (Wildman–Crippen MR) is 147 cm³/mol. The minimum absolute atomic E-state index is 0.0925. The van der Waals surface area contributed by atoms with Crippen LogP contribution in [0.15, 0.2) is 33.5 Å². The molecule has 1 aromatic heterocycles. The zero-order chi connectivity index (χ0) is 32.9. The summed E-state index contributed by atoms with van der Waals surface area (Å²) < 4.78 is 32.9. The molecular formula is C28H32O17. The number of hydrogen-bond donors (Lipinski definition) is 10. The van der Waals surface area contributed by atoms with Crippen molar-refractivity contribution in [3.8, 4) is 45.8 Å². The third-order valence-electron chi connectivity index (χ3n) is 7.64. The Morgan fingerprint density at radius 2 is 1.44 bits per heavy atom. The smallest absolute Gasteiger partial charge is 0.239 e. The Morgan fingerprint density at radius 1 is 0.778 bits per heavy atom. The summed E-state index contributed by atoms with van der Waals surface area (Å²) in [7, 11) is 1.18. The first-order valence-electron chi connectivity index (χ1n) is 13.5. The summed E-state index contributed by atoms with van der Waals surface area (Å²) in [5.74, 6) is -4.04. The van der Waals surface area contributed by atoms with Crippen LogP contribution in [-0.4, -0.2) is 126 Å². The molecule has 2 aliphatic rings. The van der Waals surface area contributed by atoms with Crippen molar-refractivity contribution in [2.75, 3.05) is 13.7 Å². The lowest BCUT2D eigenvalue weighted by Crippen LogP contribution is -2.61. The third kappa shape index (κ3) is 5.81. The predicted octanol–water partition coefficient (Wildman–Crippen LogP) is -1.68. The van der Waals surface area contributed by atoms with Crippen LogP contribution in [0.25, 0.3) is 22.3 Å². The fourth-order valence-electron chi connectivity index (χ4n) is 5.02. The number of hydrogen-bond acceptors (Lipinski definition) is 17. The second-order valence-electron chi connectivity index (χ2n) is 10.6. The number of phenols is 4. The Bertz CT molecular complexity index is 1610. The molecule has 0 amide bonds. The van der Waals surface area contributed by atoms with Crippen LogP contribution in [0.2, 0.25) is 0 Å². The van der Waals surface area contributed by atoms with Gasteiger partial charge in [-0.3, -0.25) is 4.79 Å². The summed E-state index contributed by atoms with van der Waals surface area (Å²) in [4.78, 5) is 13.7. The zero-order valence-corrected chi connectivity index (χ0v) is 23.6. The Morgan fingerprint density at radius 3 is 2.11 bits per heavy atom. The molecule has 0 radical (unpaired) electrons. The van der Waals surface area contributed by atoms with Gasteiger partial charge in [-0.05, 0) is 25.1 Å². The number of aliphatic hydroxyl groups is 6. The van der Waals surface area contributed by atoms with Gasteiger partial charge in [-0.1, -0.05) is 0 Å². The summed E-state index contributed by atoms with van der Waals surface area (Å²) in [6.45, 7) is 0.793. The monoisotopic (exact) mass is 640 g/mol. The van der Waals surface area contributed by atoms with E-state index in [2.05, 4.69) is 0 Å². The fourth-order valence-corrected chi connectivity index (χ4v) is 5.02. The highest BCUT2D eigenvalue weighted by Crippen LogP contribution is 2.44. The van der Waals surface area contributed by atoms with E-state index < -0.39 is 119 Å². The number of methoxy groups -OCH3 is 1. The number of rotatable bonds is 7. The number of aliphatic hydroxyl groups excluding tert-OH is 6. The molecule has 0 aliphatic carbocycles. The summed E-state index contributed by atoms with van der Waals surface area (Å²) in [5, 5.41) is 103. The maximum absolute atomic E-state index is 13.7. The molecule has 10 atom stereocenters. The number of fused-ring (bicyclic) bond motifs is 1. The quantitative estimate of drug-likeness (QED) is 0.102. The van der Waals surface area contributed by atoms with Crippen molar-refractivity contribution in [2.24, 2.45) is 0 Å². The van der Waals surface area contributed by atoms with E-state index in [9.17, 15) is 55.9 Å². The lowest BCUT2D eigenvalue weighted by atomic mass is 9.98. The van der Waals surface area contributed by atoms with Gasteiger partial charge in [0.25, 0.3) is 0 Å². The molecule has 45 heavy (non-hydrogen) atoms. The summed E-state index contributed by atoms with van der Waals surface area (Å²) in [6, 6.07) is 4.18. The molecule has 246 valence electrons. The van der Waals surface area contributed by atoms with Crippen molar-refractivity contribution < 1.29 is 79.2 Å². The van der Waals surface area contributed by atoms with Gasteiger partial charge in [-0.2, -0.15) is 0 Å². The molecule has 10 N–H and O–H groups in total. The fraction of sp³-hybridized carbons (Fsp3) is 0.464. The minimum Gasteiger partial charge on any atom is -0.507 e. The lowest BCUT2D eigenvalue weighted by molar-refractivity contribution is -0.318. The molecule has 10 unspecified atom stereocenters. The van der Waals surface area contributed by atoms with Crippen molar-refractivity contribution in [2.45, 2.75) is 68.3 Å². The molecule has 3 heterocycles. The number of aromatic hydroxyl groups is 4. The summed E-state index contributed by atoms with van der Waals surface area (Å²) >= 11 is 0. The molecule has 0 spiro atoms. The van der Waals surface area contributed by atoms with Gasteiger partial charge in [0.2, 0.25) is 23.2 Å². The van der Waals surface area contributed by atoms with Gasteiger partial charge in [-0.15, -0.1) is 0 Å². The topological polar surface area (TPSA) is 279 Å². The molecule has 5 rings (SSSR count). The van der Waals surface area contributed by atoms with E-state index >= 15 is 0 Å². The highest BCUT2D eigenvalue weighted by Gasteiger charge is 2.48.